The molecule has 1 aliphatic rings. The summed E-state index contributed by atoms with van der Waals surface area (Å²) >= 11 is 0. The number of fused-ring (bicyclic) bond motifs is 8. The Balaban J connectivity index is 1.43. The van der Waals surface area contributed by atoms with Crippen LogP contribution in [-0.2, 0) is 0 Å². The predicted octanol–water partition coefficient (Wildman–Crippen LogP) is 11.8. The maximum absolute atomic E-state index is 7.11. The molecule has 0 unspecified atom stereocenters. The van der Waals surface area contributed by atoms with Gasteiger partial charge in [0.2, 0.25) is 0 Å². The first-order valence-electron chi connectivity index (χ1n) is 15.2. The highest BCUT2D eigenvalue weighted by Crippen LogP contribution is 2.47. The van der Waals surface area contributed by atoms with Crippen LogP contribution in [0.2, 0.25) is 0 Å². The summed E-state index contributed by atoms with van der Waals surface area (Å²) in [5.74, 6) is 0. The molecule has 1 saturated carbocycles. The molecule has 1 aromatic heterocycles. The van der Waals surface area contributed by atoms with Crippen LogP contribution in [0.5, 0.6) is 0 Å². The summed E-state index contributed by atoms with van der Waals surface area (Å²) in [7, 11) is -1.44. The zero-order chi connectivity index (χ0) is 28.0. The molecule has 208 valence electrons. The highest BCUT2D eigenvalue weighted by molar-refractivity contribution is 7.39. The third-order valence-corrected chi connectivity index (χ3v) is 10.9. The van der Waals surface area contributed by atoms with E-state index in [4.69, 9.17) is 8.39 Å². The fraction of sp³-hybridized carbons (Fsp3) is 0.211. The molecule has 6 aromatic carbocycles. The predicted molar refractivity (Wildman–Crippen MR) is 179 cm³/mol. The molecule has 7 aromatic rings. The molecule has 1 fully saturated rings. The van der Waals surface area contributed by atoms with Crippen LogP contribution in [0, 0.1) is 0 Å². The normalized spacial score (nSPS) is 15.3. The third-order valence-electron chi connectivity index (χ3n) is 9.17. The number of hydrogen-bond acceptors (Lipinski definition) is 3. The van der Waals surface area contributed by atoms with Gasteiger partial charge in [-0.1, -0.05) is 116 Å². The molecule has 0 N–H and O–H groups in total. The SMILES string of the molecule is C[C@@H](c1ccc2ccccc2c1)N(C1CCCCC1)p1oc2ccc3ccccc3c2c2c(ccc3ccccc32)o1. The minimum Gasteiger partial charge on any atom is -0.408 e. The lowest BCUT2D eigenvalue weighted by atomic mass is 9.94. The second-order valence-corrected chi connectivity index (χ2v) is 13.0. The van der Waals surface area contributed by atoms with E-state index in [2.05, 4.69) is 127 Å². The van der Waals surface area contributed by atoms with Gasteiger partial charge < -0.3 is 8.39 Å². The molecule has 1 heterocycles. The number of hydrogen-bond donors (Lipinski definition) is 0. The minimum atomic E-state index is -1.44. The molecule has 0 amide bonds. The lowest BCUT2D eigenvalue weighted by Crippen LogP contribution is -2.36. The van der Waals surface area contributed by atoms with E-state index in [1.54, 1.807) is 0 Å². The fourth-order valence-electron chi connectivity index (χ4n) is 7.01. The van der Waals surface area contributed by atoms with Gasteiger partial charge in [0.1, 0.15) is 11.2 Å². The van der Waals surface area contributed by atoms with Crippen LogP contribution in [0.1, 0.15) is 50.6 Å². The van der Waals surface area contributed by atoms with Crippen molar-refractivity contribution in [2.75, 3.05) is 4.67 Å². The molecule has 1 aliphatic carbocycles. The van der Waals surface area contributed by atoms with Gasteiger partial charge in [0.25, 0.3) is 0 Å². The molecule has 42 heavy (non-hydrogen) atoms. The summed E-state index contributed by atoms with van der Waals surface area (Å²) < 4.78 is 16.8. The first-order chi connectivity index (χ1) is 20.7. The molecule has 3 nitrogen and oxygen atoms in total. The number of benzene rings is 6. The van der Waals surface area contributed by atoms with Crippen molar-refractivity contribution < 1.29 is 8.39 Å². The Kier molecular flexibility index (Phi) is 6.51. The maximum atomic E-state index is 7.11. The monoisotopic (exact) mass is 567 g/mol. The molecule has 0 radical (unpaired) electrons. The Bertz CT molecular complexity index is 2030. The smallest absolute Gasteiger partial charge is 0.310 e. The largest absolute Gasteiger partial charge is 0.408 e. The highest BCUT2D eigenvalue weighted by atomic mass is 31.1. The fourth-order valence-corrected chi connectivity index (χ4v) is 8.79. The lowest BCUT2D eigenvalue weighted by molar-refractivity contribution is 0.401. The highest BCUT2D eigenvalue weighted by Gasteiger charge is 2.32. The van der Waals surface area contributed by atoms with Crippen LogP contribution in [0.4, 0.5) is 0 Å². The van der Waals surface area contributed by atoms with Gasteiger partial charge in [-0.05, 0) is 75.8 Å². The van der Waals surface area contributed by atoms with Gasteiger partial charge >= 0.3 is 8.16 Å². The standard InChI is InChI=1S/C38H34NO2P/c1-26(30-20-19-27-11-5-6-14-31(27)25-30)39(32-15-3-2-4-16-32)42-40-35-23-21-28-12-7-9-17-33(28)37(35)38-34-18-10-8-13-29(34)22-24-36(38)41-42/h5-14,17-26,32H,2-4,15-16H2,1H3/t26-/m0/s1. The Morgan fingerprint density at radius 2 is 1.12 bits per heavy atom. The van der Waals surface area contributed by atoms with Gasteiger partial charge in [0.05, 0.1) is 0 Å². The molecule has 4 heteroatoms. The second kappa shape index (κ2) is 10.7. The summed E-state index contributed by atoms with van der Waals surface area (Å²) in [6.45, 7) is 2.33. The van der Waals surface area contributed by atoms with Crippen LogP contribution >= 0.6 is 8.16 Å². The minimum absolute atomic E-state index is 0.134. The first-order valence-corrected chi connectivity index (χ1v) is 16.3. The van der Waals surface area contributed by atoms with Crippen molar-refractivity contribution in [1.82, 2.24) is 0 Å². The third kappa shape index (κ3) is 4.40. The summed E-state index contributed by atoms with van der Waals surface area (Å²) in [6, 6.07) is 42.0. The molecule has 0 spiro atoms. The van der Waals surface area contributed by atoms with Crippen molar-refractivity contribution in [2.45, 2.75) is 51.1 Å². The van der Waals surface area contributed by atoms with E-state index >= 15 is 0 Å². The summed E-state index contributed by atoms with van der Waals surface area (Å²) in [5, 5.41) is 9.61. The van der Waals surface area contributed by atoms with E-state index in [-0.39, 0.29) is 6.04 Å². The topological polar surface area (TPSA) is 29.5 Å². The number of nitrogens with zero attached hydrogens (tertiary/aromatic N) is 1. The van der Waals surface area contributed by atoms with Crippen molar-refractivity contribution in [3.05, 3.63) is 121 Å². The van der Waals surface area contributed by atoms with Crippen LogP contribution in [0.25, 0.3) is 54.3 Å². The molecule has 0 saturated heterocycles. The van der Waals surface area contributed by atoms with Gasteiger partial charge in [0.15, 0.2) is 0 Å². The van der Waals surface area contributed by atoms with Crippen LogP contribution in [0.15, 0.2) is 124 Å². The van der Waals surface area contributed by atoms with Crippen molar-refractivity contribution >= 4 is 62.4 Å². The Morgan fingerprint density at radius 3 is 1.74 bits per heavy atom. The average Bonchev–Trinajstić information content (AvgIpc) is 3.22. The van der Waals surface area contributed by atoms with Crippen molar-refractivity contribution in [2.24, 2.45) is 0 Å². The molecule has 8 rings (SSSR count). The van der Waals surface area contributed by atoms with E-state index in [9.17, 15) is 0 Å². The van der Waals surface area contributed by atoms with Crippen LogP contribution in [-0.4, -0.2) is 6.04 Å². The van der Waals surface area contributed by atoms with Gasteiger partial charge in [-0.2, -0.15) is 4.67 Å². The summed E-state index contributed by atoms with van der Waals surface area (Å²) in [4.78, 5) is 0. The van der Waals surface area contributed by atoms with Gasteiger partial charge in [-0.3, -0.25) is 0 Å². The van der Waals surface area contributed by atoms with Crippen molar-refractivity contribution in [3.63, 3.8) is 0 Å². The van der Waals surface area contributed by atoms with E-state index in [1.807, 2.05) is 0 Å². The van der Waals surface area contributed by atoms with Crippen molar-refractivity contribution in [3.8, 4) is 0 Å². The molecular formula is C38H34NO2P. The van der Waals surface area contributed by atoms with Gasteiger partial charge in [-0.25, -0.2) is 0 Å². The van der Waals surface area contributed by atoms with Crippen LogP contribution in [0.3, 0.4) is 0 Å². The second-order valence-electron chi connectivity index (χ2n) is 11.7. The van der Waals surface area contributed by atoms with Crippen LogP contribution < -0.4 is 4.67 Å². The molecule has 0 aliphatic heterocycles. The van der Waals surface area contributed by atoms with E-state index < -0.39 is 8.16 Å². The first kappa shape index (κ1) is 25.7. The zero-order valence-electron chi connectivity index (χ0n) is 23.9. The summed E-state index contributed by atoms with van der Waals surface area (Å²) in [5.41, 5.74) is 3.11. The van der Waals surface area contributed by atoms with E-state index in [1.165, 1.54) is 70.0 Å². The van der Waals surface area contributed by atoms with Crippen molar-refractivity contribution in [1.29, 1.82) is 0 Å². The maximum Gasteiger partial charge on any atom is 0.310 e. The molecule has 0 bridgehead atoms. The average molecular weight is 568 g/mol. The Labute approximate surface area is 247 Å². The van der Waals surface area contributed by atoms with E-state index in [0.29, 0.717) is 6.04 Å². The molecular weight excluding hydrogens is 533 g/mol. The van der Waals surface area contributed by atoms with E-state index in [0.717, 1.165) is 21.9 Å². The Hall–Kier alpha value is -4.04. The van der Waals surface area contributed by atoms with Gasteiger partial charge in [0, 0.05) is 22.9 Å². The Morgan fingerprint density at radius 1 is 0.595 bits per heavy atom. The van der Waals surface area contributed by atoms with Gasteiger partial charge in [-0.15, -0.1) is 0 Å². The summed E-state index contributed by atoms with van der Waals surface area (Å²) in [6.07, 6.45) is 6.13. The lowest BCUT2D eigenvalue weighted by Gasteiger charge is -2.35. The zero-order valence-corrected chi connectivity index (χ0v) is 24.8. The molecule has 1 atom stereocenters. The quantitative estimate of drug-likeness (QED) is 0.212. The number of rotatable bonds is 4.